The van der Waals surface area contributed by atoms with E-state index in [2.05, 4.69) is 24.2 Å². The van der Waals surface area contributed by atoms with Crippen LogP contribution in [0.25, 0.3) is 0 Å². The fourth-order valence-corrected chi connectivity index (χ4v) is 4.50. The summed E-state index contributed by atoms with van der Waals surface area (Å²) in [5.41, 5.74) is 15.9. The number of aliphatic imine (C=N–C) groups is 1. The maximum absolute atomic E-state index is 14.2. The smallest absolute Gasteiger partial charge is 0.316 e. The minimum atomic E-state index is -0.556. The summed E-state index contributed by atoms with van der Waals surface area (Å²) < 4.78 is 19.9. The number of halogens is 1. The first-order valence-corrected chi connectivity index (χ1v) is 12.1. The second-order valence-corrected chi connectivity index (χ2v) is 8.87. The summed E-state index contributed by atoms with van der Waals surface area (Å²) in [6.07, 6.45) is 10.4. The van der Waals surface area contributed by atoms with Crippen LogP contribution in [0.2, 0.25) is 0 Å². The maximum Gasteiger partial charge on any atom is 0.316 e. The lowest BCUT2D eigenvalue weighted by molar-refractivity contribution is 0.201. The van der Waals surface area contributed by atoms with Crippen molar-refractivity contribution in [2.75, 3.05) is 19.0 Å². The number of nitrogens with zero attached hydrogens (tertiary/aromatic N) is 1. The molecule has 5 N–H and O–H groups in total. The Morgan fingerprint density at radius 1 is 1.21 bits per heavy atom. The molecule has 1 aromatic carbocycles. The summed E-state index contributed by atoms with van der Waals surface area (Å²) in [6, 6.07) is -0.556. The standard InChI is InChI=1S/C13H15FN2O.C12H24BN2O/c14-11-7-3-1-5-9(7)12(16-13(15)17)10-6-2-4-8(10)11;1-5-10(2)7-6-8-16-11(3)12(13-14)9-15-4/h1-6H2,(H3,15,16,17);9-10H,5-8,14H2,1-4H3/b;12-11-,15-9?. The molecule has 1 atom stereocenters. The Balaban J connectivity index is 0.000000235. The van der Waals surface area contributed by atoms with Crippen molar-refractivity contribution in [1.29, 1.82) is 0 Å². The topological polar surface area (TPSA) is 103 Å². The molecule has 2 aliphatic rings. The summed E-state index contributed by atoms with van der Waals surface area (Å²) >= 11 is 0. The molecule has 6 nitrogen and oxygen atoms in total. The van der Waals surface area contributed by atoms with Crippen LogP contribution >= 0.6 is 0 Å². The average Bonchev–Trinajstić information content (AvgIpc) is 3.48. The van der Waals surface area contributed by atoms with Crippen molar-refractivity contribution in [3.8, 4) is 0 Å². The summed E-state index contributed by atoms with van der Waals surface area (Å²) in [5.74, 6) is 1.60. The van der Waals surface area contributed by atoms with Crippen LogP contribution in [0.1, 0.15) is 75.1 Å². The van der Waals surface area contributed by atoms with E-state index in [1.54, 1.807) is 13.3 Å². The van der Waals surface area contributed by atoms with Crippen molar-refractivity contribution in [3.05, 3.63) is 39.3 Å². The van der Waals surface area contributed by atoms with Gasteiger partial charge in [-0.15, -0.1) is 0 Å². The van der Waals surface area contributed by atoms with Crippen LogP contribution in [0.5, 0.6) is 0 Å². The van der Waals surface area contributed by atoms with Gasteiger partial charge >= 0.3 is 6.03 Å². The highest BCUT2D eigenvalue weighted by Gasteiger charge is 2.29. The van der Waals surface area contributed by atoms with Crippen molar-refractivity contribution >= 4 is 25.3 Å². The largest absolute Gasteiger partial charge is 0.499 e. The van der Waals surface area contributed by atoms with E-state index in [0.29, 0.717) is 0 Å². The highest BCUT2D eigenvalue weighted by molar-refractivity contribution is 6.49. The lowest BCUT2D eigenvalue weighted by atomic mass is 9.84. The zero-order valence-corrected chi connectivity index (χ0v) is 20.6. The summed E-state index contributed by atoms with van der Waals surface area (Å²) in [5, 5.41) is 2.70. The van der Waals surface area contributed by atoms with Gasteiger partial charge in [-0.05, 0) is 91.9 Å². The van der Waals surface area contributed by atoms with Gasteiger partial charge in [-0.3, -0.25) is 4.99 Å². The third-order valence-electron chi connectivity index (χ3n) is 6.53. The molecule has 0 aliphatic heterocycles. The molecule has 0 saturated heterocycles. The van der Waals surface area contributed by atoms with Gasteiger partial charge < -0.3 is 21.4 Å². The number of nitrogens with two attached hydrogens (primary N) is 2. The van der Waals surface area contributed by atoms with Gasteiger partial charge in [0, 0.05) is 18.9 Å². The monoisotopic (exact) mass is 457 g/mol. The number of benzene rings is 1. The molecule has 2 amide bonds. The lowest BCUT2D eigenvalue weighted by Gasteiger charge is -2.16. The SMILES string of the molecule is CCC(C)CCCO/C(C)=C(\[B]N)C=NC.NC(=O)Nc1c2c(c(F)c3c1CCC3)CCC2. The van der Waals surface area contributed by atoms with Gasteiger partial charge in [0.25, 0.3) is 0 Å². The zero-order chi connectivity index (χ0) is 24.4. The minimum absolute atomic E-state index is 0.0278. The maximum atomic E-state index is 14.2. The number of anilines is 1. The fraction of sp³-hybridized carbons (Fsp3) is 0.600. The number of rotatable bonds is 9. The highest BCUT2D eigenvalue weighted by atomic mass is 19.1. The summed E-state index contributed by atoms with van der Waals surface area (Å²) in [4.78, 5) is 15.0. The number of hydrogen-bond donors (Lipinski definition) is 3. The van der Waals surface area contributed by atoms with Crippen molar-refractivity contribution in [2.24, 2.45) is 22.3 Å². The van der Waals surface area contributed by atoms with Gasteiger partial charge in [-0.1, -0.05) is 20.3 Å². The Kier molecular flexibility index (Phi) is 10.9. The number of amides is 2. The minimum Gasteiger partial charge on any atom is -0.499 e. The first-order valence-electron chi connectivity index (χ1n) is 12.1. The fourth-order valence-electron chi connectivity index (χ4n) is 4.50. The molecule has 1 aromatic rings. The van der Waals surface area contributed by atoms with Gasteiger partial charge in [0.1, 0.15) is 5.82 Å². The number of carbonyl (C=O) groups excluding carboxylic acids is 1. The molecule has 0 aromatic heterocycles. The van der Waals surface area contributed by atoms with E-state index in [1.807, 2.05) is 6.92 Å². The van der Waals surface area contributed by atoms with Gasteiger partial charge in [0.15, 0.2) is 0 Å². The highest BCUT2D eigenvalue weighted by Crippen LogP contribution is 2.40. The van der Waals surface area contributed by atoms with E-state index in [9.17, 15) is 9.18 Å². The third-order valence-corrected chi connectivity index (χ3v) is 6.53. The number of allylic oxidation sites excluding steroid dienone is 2. The number of ether oxygens (including phenoxy) is 1. The van der Waals surface area contributed by atoms with E-state index in [4.69, 9.17) is 16.1 Å². The number of hydrogen-bond acceptors (Lipinski definition) is 4. The van der Waals surface area contributed by atoms with E-state index in [1.165, 1.54) is 20.3 Å². The molecule has 2 aliphatic carbocycles. The van der Waals surface area contributed by atoms with Gasteiger partial charge in [-0.2, -0.15) is 0 Å². The predicted molar refractivity (Wildman–Crippen MR) is 135 cm³/mol. The first-order chi connectivity index (χ1) is 15.8. The van der Waals surface area contributed by atoms with Crippen LogP contribution in [-0.2, 0) is 30.4 Å². The molecule has 3 rings (SSSR count). The normalized spacial score (nSPS) is 15.8. The van der Waals surface area contributed by atoms with Crippen molar-refractivity contribution in [1.82, 2.24) is 0 Å². The van der Waals surface area contributed by atoms with Gasteiger partial charge in [0.05, 0.1) is 12.4 Å². The van der Waals surface area contributed by atoms with Gasteiger partial charge in [0.2, 0.25) is 7.41 Å². The van der Waals surface area contributed by atoms with Crippen LogP contribution in [0.4, 0.5) is 14.9 Å². The van der Waals surface area contributed by atoms with Gasteiger partial charge in [-0.25, -0.2) is 9.18 Å². The Hall–Kier alpha value is -2.35. The second-order valence-electron chi connectivity index (χ2n) is 8.87. The average molecular weight is 457 g/mol. The second kappa shape index (κ2) is 13.4. The van der Waals surface area contributed by atoms with Crippen LogP contribution in [0.3, 0.4) is 0 Å². The molecule has 0 bridgehead atoms. The first kappa shape index (κ1) is 26.9. The number of urea groups is 1. The number of primary amides is 1. The summed E-state index contributed by atoms with van der Waals surface area (Å²) in [7, 11) is 3.25. The Bertz CT molecular complexity index is 851. The van der Waals surface area contributed by atoms with Crippen LogP contribution in [-0.4, -0.2) is 33.3 Å². The number of carbonyl (C=O) groups is 1. The predicted octanol–water partition coefficient (Wildman–Crippen LogP) is 4.63. The quantitative estimate of drug-likeness (QED) is 0.218. The molecule has 181 valence electrons. The Morgan fingerprint density at radius 3 is 2.27 bits per heavy atom. The zero-order valence-electron chi connectivity index (χ0n) is 20.6. The third kappa shape index (κ3) is 7.32. The molecule has 0 heterocycles. The summed E-state index contributed by atoms with van der Waals surface area (Å²) in [6.45, 7) is 7.16. The van der Waals surface area contributed by atoms with E-state index in [0.717, 1.165) is 96.6 Å². The van der Waals surface area contributed by atoms with E-state index >= 15 is 0 Å². The van der Waals surface area contributed by atoms with Crippen molar-refractivity contribution in [3.63, 3.8) is 0 Å². The Morgan fingerprint density at radius 2 is 1.79 bits per heavy atom. The van der Waals surface area contributed by atoms with Crippen molar-refractivity contribution < 1.29 is 13.9 Å². The molecule has 0 saturated carbocycles. The number of fused-ring (bicyclic) bond motifs is 2. The molecule has 33 heavy (non-hydrogen) atoms. The molecular formula is C25H39BFN4O2. The van der Waals surface area contributed by atoms with Crippen molar-refractivity contribution in [2.45, 2.75) is 78.6 Å². The van der Waals surface area contributed by atoms with Crippen LogP contribution in [0, 0.1) is 11.7 Å². The molecule has 8 heteroatoms. The molecule has 0 spiro atoms. The van der Waals surface area contributed by atoms with E-state index in [-0.39, 0.29) is 5.82 Å². The molecular weight excluding hydrogens is 418 g/mol. The van der Waals surface area contributed by atoms with Crippen LogP contribution in [0.15, 0.2) is 16.2 Å². The Labute approximate surface area is 198 Å². The number of nitrogens with one attached hydrogen (secondary N) is 1. The van der Waals surface area contributed by atoms with E-state index < -0.39 is 6.03 Å². The lowest BCUT2D eigenvalue weighted by Crippen LogP contribution is -2.21. The molecule has 0 fully saturated rings. The molecule has 1 unspecified atom stereocenters. The van der Waals surface area contributed by atoms with Crippen LogP contribution < -0.4 is 16.7 Å². The molecule has 1 radical (unpaired) electrons.